The molecule has 160 valence electrons. The van der Waals surface area contributed by atoms with Gasteiger partial charge in [-0.25, -0.2) is 4.98 Å². The van der Waals surface area contributed by atoms with Crippen LogP contribution in [0.3, 0.4) is 0 Å². The van der Waals surface area contributed by atoms with Crippen molar-refractivity contribution in [3.05, 3.63) is 81.5 Å². The summed E-state index contributed by atoms with van der Waals surface area (Å²) >= 11 is 3.67. The Hall–Kier alpha value is -2.53. The van der Waals surface area contributed by atoms with Crippen LogP contribution in [-0.4, -0.2) is 19.2 Å². The van der Waals surface area contributed by atoms with Crippen molar-refractivity contribution in [3.63, 3.8) is 0 Å². The van der Waals surface area contributed by atoms with Gasteiger partial charge in [0.25, 0.3) is 0 Å². The summed E-state index contributed by atoms with van der Waals surface area (Å²) < 4.78 is 11.6. The number of ether oxygens (including phenoxy) is 2. The molecule has 3 rings (SSSR count). The number of benzene rings is 2. The summed E-state index contributed by atoms with van der Waals surface area (Å²) in [6.45, 7) is 9.62. The fraction of sp³-hybridized carbons (Fsp3) is 0.320. The number of methoxy groups -OCH3 is 2. The summed E-state index contributed by atoms with van der Waals surface area (Å²) in [6, 6.07) is 18.4. The van der Waals surface area contributed by atoms with Crippen molar-refractivity contribution < 1.29 is 9.47 Å². The first-order valence-corrected chi connectivity index (χ1v) is 10.9. The summed E-state index contributed by atoms with van der Waals surface area (Å²) in [5.74, 6) is 2.66. The van der Waals surface area contributed by atoms with Crippen LogP contribution < -0.4 is 14.4 Å². The van der Waals surface area contributed by atoms with Crippen molar-refractivity contribution in [2.45, 2.75) is 40.8 Å². The van der Waals surface area contributed by atoms with E-state index in [1.54, 1.807) is 14.2 Å². The molecule has 5 heteroatoms. The van der Waals surface area contributed by atoms with Crippen LogP contribution in [0.25, 0.3) is 0 Å². The van der Waals surface area contributed by atoms with Crippen LogP contribution in [-0.2, 0) is 13.1 Å². The van der Waals surface area contributed by atoms with Crippen LogP contribution in [0, 0.1) is 13.8 Å². The fourth-order valence-corrected chi connectivity index (χ4v) is 3.46. The van der Waals surface area contributed by atoms with E-state index >= 15 is 0 Å². The average molecular weight is 471 g/mol. The molecule has 0 radical (unpaired) electrons. The molecule has 0 aliphatic carbocycles. The molecule has 0 fully saturated rings. The maximum Gasteiger partial charge on any atom is 0.130 e. The van der Waals surface area contributed by atoms with E-state index in [1.807, 2.05) is 45.0 Å². The summed E-state index contributed by atoms with van der Waals surface area (Å²) in [5, 5.41) is 0. The van der Waals surface area contributed by atoms with Gasteiger partial charge in [-0.15, -0.1) is 0 Å². The van der Waals surface area contributed by atoms with E-state index in [2.05, 4.69) is 58.1 Å². The van der Waals surface area contributed by atoms with Crippen LogP contribution in [0.5, 0.6) is 11.5 Å². The van der Waals surface area contributed by atoms with Gasteiger partial charge in [0.2, 0.25) is 0 Å². The van der Waals surface area contributed by atoms with Crippen LogP contribution in [0.4, 0.5) is 5.82 Å². The summed E-state index contributed by atoms with van der Waals surface area (Å²) in [6.07, 6.45) is 0. The maximum atomic E-state index is 5.28. The highest BCUT2D eigenvalue weighted by Gasteiger charge is 2.13. The van der Waals surface area contributed by atoms with E-state index in [1.165, 1.54) is 11.1 Å². The van der Waals surface area contributed by atoms with Gasteiger partial charge in [-0.05, 0) is 60.9 Å². The molecule has 30 heavy (non-hydrogen) atoms. The fourth-order valence-electron chi connectivity index (χ4n) is 2.96. The zero-order valence-electron chi connectivity index (χ0n) is 18.7. The molecule has 0 aliphatic rings. The Morgan fingerprint density at radius 3 is 1.60 bits per heavy atom. The number of rotatable bonds is 7. The van der Waals surface area contributed by atoms with Crippen molar-refractivity contribution in [1.82, 2.24) is 4.98 Å². The third kappa shape index (κ3) is 6.23. The Balaban J connectivity index is 0.00000155. The van der Waals surface area contributed by atoms with Crippen LogP contribution in [0.15, 0.2) is 59.1 Å². The van der Waals surface area contributed by atoms with E-state index in [0.29, 0.717) is 0 Å². The third-order valence-corrected chi connectivity index (χ3v) is 5.65. The predicted octanol–water partition coefficient (Wildman–Crippen LogP) is 6.71. The van der Waals surface area contributed by atoms with Gasteiger partial charge in [0.1, 0.15) is 17.3 Å². The summed E-state index contributed by atoms with van der Waals surface area (Å²) in [7, 11) is 3.36. The molecular formula is C25H31BrN2O2. The zero-order valence-corrected chi connectivity index (χ0v) is 20.3. The number of anilines is 1. The van der Waals surface area contributed by atoms with Gasteiger partial charge in [-0.3, -0.25) is 0 Å². The van der Waals surface area contributed by atoms with Crippen molar-refractivity contribution >= 4 is 21.7 Å². The lowest BCUT2D eigenvalue weighted by Crippen LogP contribution is -2.23. The van der Waals surface area contributed by atoms with E-state index in [0.717, 1.165) is 46.1 Å². The minimum atomic E-state index is 0.748. The molecule has 0 amide bonds. The highest BCUT2D eigenvalue weighted by atomic mass is 79.9. The Bertz CT molecular complexity index is 852. The zero-order chi connectivity index (χ0) is 22.1. The summed E-state index contributed by atoms with van der Waals surface area (Å²) in [4.78, 5) is 7.12. The number of nitrogens with zero attached hydrogens (tertiary/aromatic N) is 2. The highest BCUT2D eigenvalue weighted by Crippen LogP contribution is 2.27. The molecule has 2 aromatic carbocycles. The normalized spacial score (nSPS) is 10.1. The predicted molar refractivity (Wildman–Crippen MR) is 129 cm³/mol. The lowest BCUT2D eigenvalue weighted by Gasteiger charge is -2.25. The second-order valence-electron chi connectivity index (χ2n) is 6.72. The number of hydrogen-bond acceptors (Lipinski definition) is 4. The Morgan fingerprint density at radius 2 is 1.23 bits per heavy atom. The molecule has 0 spiro atoms. The average Bonchev–Trinajstić information content (AvgIpc) is 2.79. The molecule has 0 aliphatic heterocycles. The number of aromatic nitrogens is 1. The van der Waals surface area contributed by atoms with Crippen molar-refractivity contribution in [2.75, 3.05) is 19.1 Å². The van der Waals surface area contributed by atoms with Gasteiger partial charge in [-0.2, -0.15) is 0 Å². The first kappa shape index (κ1) is 23.7. The molecule has 1 heterocycles. The topological polar surface area (TPSA) is 34.6 Å². The van der Waals surface area contributed by atoms with Crippen molar-refractivity contribution in [2.24, 2.45) is 0 Å². The standard InChI is InChI=1S/C23H25BrN2O2.C2H6/c1-16-17(2)25-23(13-22(16)24)26(14-18-5-9-20(27-3)10-6-18)15-19-7-11-21(28-4)12-8-19;1-2/h5-13H,14-15H2,1-4H3;1-2H3. The van der Waals surface area contributed by atoms with Gasteiger partial charge in [0, 0.05) is 23.3 Å². The molecule has 3 aromatic rings. The second kappa shape index (κ2) is 11.6. The van der Waals surface area contributed by atoms with Crippen molar-refractivity contribution in [1.29, 1.82) is 0 Å². The number of pyridine rings is 1. The minimum absolute atomic E-state index is 0.748. The van der Waals surface area contributed by atoms with Gasteiger partial charge in [0.05, 0.1) is 14.2 Å². The van der Waals surface area contributed by atoms with E-state index in [-0.39, 0.29) is 0 Å². The molecular weight excluding hydrogens is 440 g/mol. The van der Waals surface area contributed by atoms with Gasteiger partial charge >= 0.3 is 0 Å². The van der Waals surface area contributed by atoms with Gasteiger partial charge in [0.15, 0.2) is 0 Å². The quantitative estimate of drug-likeness (QED) is 0.384. The maximum absolute atomic E-state index is 5.28. The molecule has 4 nitrogen and oxygen atoms in total. The lowest BCUT2D eigenvalue weighted by molar-refractivity contribution is 0.414. The number of hydrogen-bond donors (Lipinski definition) is 0. The van der Waals surface area contributed by atoms with Crippen LogP contribution in [0.2, 0.25) is 0 Å². The molecule has 0 saturated carbocycles. The molecule has 0 unspecified atom stereocenters. The van der Waals surface area contributed by atoms with Crippen molar-refractivity contribution in [3.8, 4) is 11.5 Å². The first-order chi connectivity index (χ1) is 14.5. The van der Waals surface area contributed by atoms with E-state index in [4.69, 9.17) is 14.5 Å². The molecule has 0 atom stereocenters. The van der Waals surface area contributed by atoms with Gasteiger partial charge < -0.3 is 14.4 Å². The van der Waals surface area contributed by atoms with Crippen LogP contribution in [0.1, 0.15) is 36.2 Å². The Kier molecular flexibility index (Phi) is 9.18. The Labute approximate surface area is 189 Å². The smallest absolute Gasteiger partial charge is 0.130 e. The number of aryl methyl sites for hydroxylation is 1. The molecule has 0 N–H and O–H groups in total. The van der Waals surface area contributed by atoms with E-state index < -0.39 is 0 Å². The SMILES string of the molecule is CC.COc1ccc(CN(Cc2ccc(OC)cc2)c2cc(Br)c(C)c(C)n2)cc1. The minimum Gasteiger partial charge on any atom is -0.497 e. The Morgan fingerprint density at radius 1 is 0.800 bits per heavy atom. The molecule has 0 bridgehead atoms. The van der Waals surface area contributed by atoms with Crippen LogP contribution >= 0.6 is 15.9 Å². The number of halogens is 1. The highest BCUT2D eigenvalue weighted by molar-refractivity contribution is 9.10. The van der Waals surface area contributed by atoms with Gasteiger partial charge in [-0.1, -0.05) is 54.0 Å². The summed E-state index contributed by atoms with van der Waals surface area (Å²) in [5.41, 5.74) is 4.59. The lowest BCUT2D eigenvalue weighted by atomic mass is 10.1. The largest absolute Gasteiger partial charge is 0.497 e. The third-order valence-electron chi connectivity index (χ3n) is 4.83. The molecule has 0 saturated heterocycles. The monoisotopic (exact) mass is 470 g/mol. The molecule has 1 aromatic heterocycles. The first-order valence-electron chi connectivity index (χ1n) is 10.1. The second-order valence-corrected chi connectivity index (χ2v) is 7.58. The van der Waals surface area contributed by atoms with E-state index in [9.17, 15) is 0 Å².